The third-order valence-electron chi connectivity index (χ3n) is 23.2. The molecule has 23 nitrogen and oxygen atoms in total. The van der Waals surface area contributed by atoms with Crippen molar-refractivity contribution in [2.75, 3.05) is 26.4 Å². The third kappa shape index (κ3) is 45.3. The number of aliphatic hydroxyl groups excluding tert-OH is 11. The maximum Gasteiger partial charge on any atom is 0.364 e. The van der Waals surface area contributed by atoms with Crippen LogP contribution in [0.2, 0.25) is 0 Å². The molecule has 3 aliphatic heterocycles. The van der Waals surface area contributed by atoms with Gasteiger partial charge in [-0.05, 0) is 19.3 Å². The Kier molecular flexibility index (Phi) is 61.4. The molecule has 111 heavy (non-hydrogen) atoms. The monoisotopic (exact) mass is 1590 g/mol. The molecule has 0 aromatic carbocycles. The molecule has 3 saturated heterocycles. The number of carboxylic acids is 1. The van der Waals surface area contributed by atoms with Crippen LogP contribution in [0.15, 0.2) is 12.2 Å². The van der Waals surface area contributed by atoms with Crippen molar-refractivity contribution in [3.8, 4) is 0 Å². The van der Waals surface area contributed by atoms with Gasteiger partial charge in [0.05, 0.1) is 50.7 Å². The van der Waals surface area contributed by atoms with Crippen molar-refractivity contribution in [3.05, 3.63) is 12.2 Å². The van der Waals surface area contributed by atoms with Crippen LogP contribution in [0.1, 0.15) is 393 Å². The number of rotatable bonds is 74. The van der Waals surface area contributed by atoms with Crippen LogP contribution in [-0.4, -0.2) is 215 Å². The molecule has 23 heteroatoms. The molecule has 18 unspecified atom stereocenters. The van der Waals surface area contributed by atoms with Gasteiger partial charge in [0.15, 0.2) is 12.6 Å². The van der Waals surface area contributed by atoms with E-state index in [9.17, 15) is 75.7 Å². The van der Waals surface area contributed by atoms with E-state index >= 15 is 0 Å². The van der Waals surface area contributed by atoms with E-state index < -0.39 is 155 Å². The van der Waals surface area contributed by atoms with Crippen LogP contribution in [-0.2, 0) is 42.8 Å². The molecule has 18 atom stereocenters. The van der Waals surface area contributed by atoms with E-state index in [4.69, 9.17) is 28.4 Å². The minimum absolute atomic E-state index is 0.206. The second-order valence-corrected chi connectivity index (χ2v) is 33.2. The summed E-state index contributed by atoms with van der Waals surface area (Å²) in [4.78, 5) is 38.7. The van der Waals surface area contributed by atoms with Crippen LogP contribution < -0.4 is 10.6 Å². The lowest BCUT2D eigenvalue weighted by Gasteiger charge is -2.50. The standard InChI is InChI=1S/C88H166N2O21/c1-4-6-8-10-12-14-16-18-20-22-24-25-26-27-28-29-30-31-32-33-34-35-36-37-38-39-40-41-42-43-44-46-48-50-52-54-56-58-60-62-75(98)90-69(70(95)61-59-57-55-53-51-49-47-45-23-21-19-17-15-13-11-9-7-5-2)67-106-85-80(102)79(101)82(74(66-93)108-85)109-86-81(103)84(78(100)73(65-92)107-86)111-88(87(104)105)63-71(96)76(89-68(3)94)83(110-88)77(99)72(97)64-91/h59,61,69-74,76-86,91-93,95-97,99-103H,4-58,60,62-67H2,1-3H3,(H,89,94)(H,90,98)(H,104,105)/b61-59+. The number of carboxylic acid groups (broad SMARTS) is 1. The molecule has 14 N–H and O–H groups in total. The van der Waals surface area contributed by atoms with E-state index in [-0.39, 0.29) is 12.3 Å². The highest BCUT2D eigenvalue weighted by molar-refractivity contribution is 5.77. The molecule has 654 valence electrons. The molecule has 0 bridgehead atoms. The first-order valence-electron chi connectivity index (χ1n) is 45.6. The number of unbranched alkanes of at least 4 members (excludes halogenated alkanes) is 54. The number of aliphatic carboxylic acids is 1. The maximum absolute atomic E-state index is 13.6. The number of carbonyl (C=O) groups is 3. The molecule has 3 rings (SSSR count). The predicted molar refractivity (Wildman–Crippen MR) is 435 cm³/mol. The van der Waals surface area contributed by atoms with Crippen molar-refractivity contribution in [1.82, 2.24) is 10.6 Å². The zero-order chi connectivity index (χ0) is 81.0. The number of hydrogen-bond donors (Lipinski definition) is 14. The van der Waals surface area contributed by atoms with Gasteiger partial charge in [-0.15, -0.1) is 0 Å². The van der Waals surface area contributed by atoms with E-state index in [1.807, 2.05) is 6.08 Å². The number of nitrogens with one attached hydrogen (secondary N) is 2. The number of ether oxygens (including phenoxy) is 6. The quantitative estimate of drug-likeness (QED) is 0.0199. The summed E-state index contributed by atoms with van der Waals surface area (Å²) in [7, 11) is 0. The number of allylic oxidation sites excluding steroid dienone is 1. The molecular weight excluding hydrogens is 1420 g/mol. The van der Waals surface area contributed by atoms with Crippen molar-refractivity contribution in [2.45, 2.75) is 503 Å². The normalized spacial score (nSPS) is 25.5. The fourth-order valence-electron chi connectivity index (χ4n) is 16.1. The second-order valence-electron chi connectivity index (χ2n) is 33.2. The minimum Gasteiger partial charge on any atom is -0.477 e. The highest BCUT2D eigenvalue weighted by Crippen LogP contribution is 2.39. The van der Waals surface area contributed by atoms with E-state index in [0.29, 0.717) is 12.8 Å². The van der Waals surface area contributed by atoms with Gasteiger partial charge >= 0.3 is 5.97 Å². The molecule has 0 spiro atoms. The first-order chi connectivity index (χ1) is 53.9. The van der Waals surface area contributed by atoms with Crippen molar-refractivity contribution in [2.24, 2.45) is 0 Å². The van der Waals surface area contributed by atoms with Crippen LogP contribution in [0.5, 0.6) is 0 Å². The van der Waals surface area contributed by atoms with Gasteiger partial charge in [-0.2, -0.15) is 0 Å². The summed E-state index contributed by atoms with van der Waals surface area (Å²) >= 11 is 0. The third-order valence-corrected chi connectivity index (χ3v) is 23.2. The van der Waals surface area contributed by atoms with Crippen LogP contribution in [0.25, 0.3) is 0 Å². The summed E-state index contributed by atoms with van der Waals surface area (Å²) in [6.07, 6.45) is 47.2. The van der Waals surface area contributed by atoms with E-state index in [1.165, 1.54) is 302 Å². The lowest BCUT2D eigenvalue weighted by Crippen LogP contribution is -2.70. The molecule has 0 radical (unpaired) electrons. The molecule has 0 aromatic heterocycles. The maximum atomic E-state index is 13.6. The van der Waals surface area contributed by atoms with Crippen LogP contribution >= 0.6 is 0 Å². The largest absolute Gasteiger partial charge is 0.477 e. The van der Waals surface area contributed by atoms with E-state index in [1.54, 1.807) is 6.08 Å². The van der Waals surface area contributed by atoms with Crippen molar-refractivity contribution >= 4 is 17.8 Å². The Morgan fingerprint density at radius 1 is 0.468 bits per heavy atom. The average molecular weight is 1590 g/mol. The molecule has 3 fully saturated rings. The predicted octanol–water partition coefficient (Wildman–Crippen LogP) is 14.5. The Morgan fingerprint density at radius 2 is 0.838 bits per heavy atom. The Bertz CT molecular complexity index is 2240. The molecule has 3 heterocycles. The smallest absolute Gasteiger partial charge is 0.364 e. The first-order valence-corrected chi connectivity index (χ1v) is 45.6. The van der Waals surface area contributed by atoms with Gasteiger partial charge in [-0.3, -0.25) is 9.59 Å². The van der Waals surface area contributed by atoms with Gasteiger partial charge in [0.1, 0.15) is 67.1 Å². The summed E-state index contributed by atoms with van der Waals surface area (Å²) in [5.41, 5.74) is 0. The number of amides is 2. The minimum atomic E-state index is -3.08. The number of hydrogen-bond acceptors (Lipinski definition) is 20. The van der Waals surface area contributed by atoms with Crippen LogP contribution in [0.4, 0.5) is 0 Å². The van der Waals surface area contributed by atoms with Gasteiger partial charge in [-0.25, -0.2) is 4.79 Å². The summed E-state index contributed by atoms with van der Waals surface area (Å²) in [6, 6.07) is -2.62. The Hall–Kier alpha value is -2.53. The van der Waals surface area contributed by atoms with Gasteiger partial charge in [0.2, 0.25) is 11.8 Å². The highest BCUT2D eigenvalue weighted by Gasteiger charge is 2.60. The first kappa shape index (κ1) is 103. The van der Waals surface area contributed by atoms with Crippen molar-refractivity contribution in [1.29, 1.82) is 0 Å². The van der Waals surface area contributed by atoms with Gasteiger partial charge in [-0.1, -0.05) is 366 Å². The fourth-order valence-corrected chi connectivity index (χ4v) is 16.1. The summed E-state index contributed by atoms with van der Waals surface area (Å²) in [5, 5.41) is 137. The topological polar surface area (TPSA) is 373 Å². The highest BCUT2D eigenvalue weighted by atomic mass is 16.8. The van der Waals surface area contributed by atoms with Gasteiger partial charge in [0, 0.05) is 19.8 Å². The van der Waals surface area contributed by atoms with Crippen molar-refractivity contribution in [3.63, 3.8) is 0 Å². The lowest BCUT2D eigenvalue weighted by atomic mass is 9.88. The summed E-state index contributed by atoms with van der Waals surface area (Å²) in [5.74, 6) is -6.13. The molecule has 2 amide bonds. The Morgan fingerprint density at radius 3 is 1.20 bits per heavy atom. The Balaban J connectivity index is 1.39. The SMILES string of the molecule is CCCCCCCCCCCCCCCCCC/C=C/C(O)C(COC1OC(CO)C(OC2OC(CO)C(O)C(OC3(C(=O)O)CC(O)C(NC(C)=O)C(C(O)C(O)CO)O3)C2O)C(O)C1O)NC(=O)CCCCCCCCCCCCCCCCCCCCCCCCCCCCCCCCCCCCCCCCC. The van der Waals surface area contributed by atoms with Gasteiger partial charge < -0.3 is 100 Å². The number of aliphatic hydroxyl groups is 11. The molecule has 0 aliphatic carbocycles. The van der Waals surface area contributed by atoms with E-state index in [2.05, 4.69) is 24.5 Å². The Labute approximate surface area is 671 Å². The second kappa shape index (κ2) is 66.4. The molecule has 0 aromatic rings. The zero-order valence-electron chi connectivity index (χ0n) is 69.9. The lowest BCUT2D eigenvalue weighted by molar-refractivity contribution is -0.386. The molecule has 0 saturated carbocycles. The summed E-state index contributed by atoms with van der Waals surface area (Å²) in [6.45, 7) is 2.21. The van der Waals surface area contributed by atoms with Crippen LogP contribution in [0, 0.1) is 0 Å². The van der Waals surface area contributed by atoms with Gasteiger partial charge in [0.25, 0.3) is 5.79 Å². The fraction of sp³-hybridized carbons (Fsp3) is 0.943. The number of carbonyl (C=O) groups excluding carboxylic acids is 2. The average Bonchev–Trinajstić information content (AvgIpc) is 0.754. The van der Waals surface area contributed by atoms with E-state index in [0.717, 1.165) is 51.9 Å². The zero-order valence-corrected chi connectivity index (χ0v) is 69.9. The van der Waals surface area contributed by atoms with Crippen molar-refractivity contribution < 1.29 is 104 Å². The molecular formula is C88H166N2O21. The summed E-state index contributed by atoms with van der Waals surface area (Å²) < 4.78 is 35.0. The van der Waals surface area contributed by atoms with Crippen LogP contribution in [0.3, 0.4) is 0 Å². The molecule has 3 aliphatic rings.